The topological polar surface area (TPSA) is 60.7 Å². The number of hydrogen-bond acceptors (Lipinski definition) is 4. The maximum absolute atomic E-state index is 10.1. The van der Waals surface area contributed by atoms with Crippen molar-refractivity contribution in [2.24, 2.45) is 0 Å². The van der Waals surface area contributed by atoms with E-state index in [1.807, 2.05) is 42.5 Å². The second-order valence-electron chi connectivity index (χ2n) is 10.3. The van der Waals surface area contributed by atoms with Gasteiger partial charge in [0.25, 0.3) is 0 Å². The van der Waals surface area contributed by atoms with Gasteiger partial charge in [0.15, 0.2) is 0 Å². The fraction of sp³-hybridized carbons (Fsp3) is 0. The molecular formula is C38H20N2OS. The van der Waals surface area contributed by atoms with Crippen LogP contribution in [0.25, 0.3) is 75.5 Å². The molecule has 0 saturated heterocycles. The molecule has 8 aromatic rings. The molecule has 3 nitrogen and oxygen atoms in total. The predicted octanol–water partition coefficient (Wildman–Crippen LogP) is 10.7. The smallest absolute Gasteiger partial charge is 0.135 e. The van der Waals surface area contributed by atoms with E-state index < -0.39 is 0 Å². The molecule has 0 unspecified atom stereocenters. The van der Waals surface area contributed by atoms with Crippen LogP contribution in [0.2, 0.25) is 0 Å². The van der Waals surface area contributed by atoms with Crippen molar-refractivity contribution in [2.45, 2.75) is 0 Å². The lowest BCUT2D eigenvalue weighted by molar-refractivity contribution is 0.669. The van der Waals surface area contributed by atoms with Gasteiger partial charge in [0.2, 0.25) is 0 Å². The Morgan fingerprint density at radius 2 is 1.21 bits per heavy atom. The lowest BCUT2D eigenvalue weighted by atomic mass is 9.88. The number of thiophene rings is 1. The maximum atomic E-state index is 10.1. The molecule has 0 atom stereocenters. The highest BCUT2D eigenvalue weighted by Crippen LogP contribution is 2.44. The monoisotopic (exact) mass is 552 g/mol. The summed E-state index contributed by atoms with van der Waals surface area (Å²) >= 11 is 1.81. The number of benzene rings is 6. The van der Waals surface area contributed by atoms with Crippen LogP contribution in [0, 0.1) is 22.7 Å². The molecule has 0 radical (unpaired) electrons. The van der Waals surface area contributed by atoms with E-state index in [1.165, 1.54) is 20.2 Å². The first kappa shape index (κ1) is 24.1. The van der Waals surface area contributed by atoms with Gasteiger partial charge in [-0.15, -0.1) is 11.3 Å². The highest BCUT2D eigenvalue weighted by Gasteiger charge is 2.17. The molecule has 2 heterocycles. The summed E-state index contributed by atoms with van der Waals surface area (Å²) in [5.74, 6) is 0. The van der Waals surface area contributed by atoms with Crippen molar-refractivity contribution in [3.63, 3.8) is 0 Å². The van der Waals surface area contributed by atoms with Crippen LogP contribution >= 0.6 is 11.3 Å². The Morgan fingerprint density at radius 3 is 2.10 bits per heavy atom. The molecule has 6 aromatic carbocycles. The predicted molar refractivity (Wildman–Crippen MR) is 172 cm³/mol. The normalized spacial score (nSPS) is 11.3. The SMILES string of the molecule is N#Cc1ccc2oc3ccc(-c4ccc(-c5cccc6c5sc5ccccc56)c(-c5ccccc5C#N)c4)cc3c2c1. The largest absolute Gasteiger partial charge is 0.456 e. The van der Waals surface area contributed by atoms with Crippen LogP contribution < -0.4 is 0 Å². The fourth-order valence-corrected chi connectivity index (χ4v) is 7.21. The minimum Gasteiger partial charge on any atom is -0.456 e. The zero-order chi connectivity index (χ0) is 28.2. The molecule has 0 bridgehead atoms. The Balaban J connectivity index is 1.38. The van der Waals surface area contributed by atoms with Gasteiger partial charge in [-0.3, -0.25) is 0 Å². The standard InChI is InChI=1S/C38H20N2OS/c39-21-23-12-16-35-33(18-23)34-20-25(14-17-36(34)41-35)24-13-15-28(32(19-24)27-7-2-1-6-26(27)22-40)30-9-5-10-31-29-8-3-4-11-37(29)42-38(30)31/h1-20H. The molecule has 0 N–H and O–H groups in total. The lowest BCUT2D eigenvalue weighted by Crippen LogP contribution is -1.91. The second kappa shape index (κ2) is 9.46. The second-order valence-corrected chi connectivity index (χ2v) is 11.4. The number of rotatable bonds is 3. The molecule has 8 rings (SSSR count). The highest BCUT2D eigenvalue weighted by molar-refractivity contribution is 7.26. The molecule has 194 valence electrons. The maximum Gasteiger partial charge on any atom is 0.135 e. The van der Waals surface area contributed by atoms with Gasteiger partial charge < -0.3 is 4.42 Å². The van der Waals surface area contributed by atoms with Crippen molar-refractivity contribution >= 4 is 53.4 Å². The van der Waals surface area contributed by atoms with Crippen molar-refractivity contribution in [3.8, 4) is 45.5 Å². The van der Waals surface area contributed by atoms with Gasteiger partial charge in [0, 0.05) is 42.1 Å². The molecule has 0 amide bonds. The van der Waals surface area contributed by atoms with E-state index in [9.17, 15) is 10.5 Å². The first-order chi connectivity index (χ1) is 20.7. The quantitative estimate of drug-likeness (QED) is 0.219. The first-order valence-electron chi connectivity index (χ1n) is 13.6. The minimum absolute atomic E-state index is 0.603. The fourth-order valence-electron chi connectivity index (χ4n) is 5.98. The Morgan fingerprint density at radius 1 is 0.500 bits per heavy atom. The Hall–Kier alpha value is -5.68. The van der Waals surface area contributed by atoms with E-state index >= 15 is 0 Å². The zero-order valence-electron chi connectivity index (χ0n) is 22.3. The third kappa shape index (κ3) is 3.71. The van der Waals surface area contributed by atoms with Gasteiger partial charge >= 0.3 is 0 Å². The average molecular weight is 553 g/mol. The summed E-state index contributed by atoms with van der Waals surface area (Å²) in [5, 5.41) is 23.9. The van der Waals surface area contributed by atoms with Gasteiger partial charge in [-0.1, -0.05) is 72.8 Å². The van der Waals surface area contributed by atoms with Crippen LogP contribution in [-0.4, -0.2) is 0 Å². The highest BCUT2D eigenvalue weighted by atomic mass is 32.1. The average Bonchev–Trinajstić information content (AvgIpc) is 3.62. The van der Waals surface area contributed by atoms with Crippen LogP contribution in [-0.2, 0) is 0 Å². The summed E-state index contributed by atoms with van der Waals surface area (Å²) < 4.78 is 8.56. The molecule has 42 heavy (non-hydrogen) atoms. The van der Waals surface area contributed by atoms with Crippen molar-refractivity contribution < 1.29 is 4.42 Å². The summed E-state index contributed by atoms with van der Waals surface area (Å²) in [6, 6.07) is 45.7. The number of nitrogens with zero attached hydrogens (tertiary/aromatic N) is 2. The zero-order valence-corrected chi connectivity index (χ0v) is 23.1. The molecule has 0 fully saturated rings. The Kier molecular flexibility index (Phi) is 5.44. The minimum atomic E-state index is 0.603. The molecule has 2 aromatic heterocycles. The summed E-state index contributed by atoms with van der Waals surface area (Å²) in [6.45, 7) is 0. The summed E-state index contributed by atoms with van der Waals surface area (Å²) in [5.41, 5.74) is 9.03. The van der Waals surface area contributed by atoms with Crippen molar-refractivity contribution in [3.05, 3.63) is 132 Å². The van der Waals surface area contributed by atoms with E-state index in [-0.39, 0.29) is 0 Å². The van der Waals surface area contributed by atoms with E-state index in [4.69, 9.17) is 4.42 Å². The molecule has 0 aliphatic heterocycles. The van der Waals surface area contributed by atoms with Crippen LogP contribution in [0.15, 0.2) is 126 Å². The van der Waals surface area contributed by atoms with E-state index in [2.05, 4.69) is 84.9 Å². The van der Waals surface area contributed by atoms with Crippen LogP contribution in [0.1, 0.15) is 11.1 Å². The van der Waals surface area contributed by atoms with E-state index in [1.54, 1.807) is 17.4 Å². The molecule has 0 aliphatic carbocycles. The van der Waals surface area contributed by atoms with E-state index in [0.717, 1.165) is 55.3 Å². The van der Waals surface area contributed by atoms with Crippen LogP contribution in [0.4, 0.5) is 0 Å². The molecule has 0 aliphatic rings. The third-order valence-corrected chi connectivity index (χ3v) is 9.20. The summed E-state index contributed by atoms with van der Waals surface area (Å²) in [4.78, 5) is 0. The Labute approximate surface area is 245 Å². The van der Waals surface area contributed by atoms with Gasteiger partial charge in [0.05, 0.1) is 23.3 Å². The first-order valence-corrected chi connectivity index (χ1v) is 14.4. The molecule has 4 heteroatoms. The van der Waals surface area contributed by atoms with Gasteiger partial charge in [0.1, 0.15) is 11.2 Å². The molecular weight excluding hydrogens is 532 g/mol. The molecule has 0 spiro atoms. The Bertz CT molecular complexity index is 2450. The number of fused-ring (bicyclic) bond motifs is 6. The van der Waals surface area contributed by atoms with Gasteiger partial charge in [-0.05, 0) is 70.8 Å². The van der Waals surface area contributed by atoms with Crippen molar-refractivity contribution in [1.29, 1.82) is 10.5 Å². The summed E-state index contributed by atoms with van der Waals surface area (Å²) in [6.07, 6.45) is 0. The third-order valence-electron chi connectivity index (χ3n) is 7.98. The van der Waals surface area contributed by atoms with Gasteiger partial charge in [-0.2, -0.15) is 10.5 Å². The van der Waals surface area contributed by atoms with Crippen LogP contribution in [0.3, 0.4) is 0 Å². The van der Waals surface area contributed by atoms with Gasteiger partial charge in [-0.25, -0.2) is 0 Å². The number of hydrogen-bond donors (Lipinski definition) is 0. The number of furan rings is 1. The van der Waals surface area contributed by atoms with Crippen molar-refractivity contribution in [1.82, 2.24) is 0 Å². The van der Waals surface area contributed by atoms with Crippen LogP contribution in [0.5, 0.6) is 0 Å². The summed E-state index contributed by atoms with van der Waals surface area (Å²) in [7, 11) is 0. The number of nitriles is 2. The van der Waals surface area contributed by atoms with E-state index in [0.29, 0.717) is 11.1 Å². The lowest BCUT2D eigenvalue weighted by Gasteiger charge is -2.15. The molecule has 0 saturated carbocycles. The van der Waals surface area contributed by atoms with Crippen molar-refractivity contribution in [2.75, 3.05) is 0 Å².